The van der Waals surface area contributed by atoms with E-state index in [-0.39, 0.29) is 22.9 Å². The molecule has 0 aromatic heterocycles. The minimum atomic E-state index is -0.511. The standard InChI is InChI=1S/C25H26N2O8S/c1-31-20-11-9-17(14-18(20)27(29)30)36-26-23-16(8-10-19(28)24(23)34-4)7-6-15-12-21(32-2)25(35-5)22(13-15)33-3/h6-14,26,28H,1-5H3/b7-6-. The lowest BCUT2D eigenvalue weighted by atomic mass is 10.1. The number of nitrogens with one attached hydrogen (secondary N) is 1. The first kappa shape index (κ1) is 26.4. The number of ether oxygens (including phenoxy) is 5. The molecule has 0 radical (unpaired) electrons. The van der Waals surface area contributed by atoms with Crippen molar-refractivity contribution in [2.75, 3.05) is 40.3 Å². The molecule has 0 unspecified atom stereocenters. The topological polar surface area (TPSA) is 122 Å². The van der Waals surface area contributed by atoms with E-state index in [1.54, 1.807) is 38.5 Å². The number of aromatic hydroxyl groups is 1. The van der Waals surface area contributed by atoms with Crippen LogP contribution in [0.5, 0.6) is 34.5 Å². The van der Waals surface area contributed by atoms with Crippen LogP contribution in [0.25, 0.3) is 12.2 Å². The highest BCUT2D eigenvalue weighted by atomic mass is 32.2. The molecule has 0 saturated carbocycles. The Labute approximate surface area is 212 Å². The maximum absolute atomic E-state index is 11.4. The smallest absolute Gasteiger partial charge is 0.312 e. The lowest BCUT2D eigenvalue weighted by Gasteiger charge is -2.15. The third-order valence-electron chi connectivity index (χ3n) is 5.13. The van der Waals surface area contributed by atoms with Gasteiger partial charge < -0.3 is 33.5 Å². The third-order valence-corrected chi connectivity index (χ3v) is 5.93. The molecule has 0 aliphatic rings. The molecule has 0 heterocycles. The second-order valence-corrected chi connectivity index (χ2v) is 8.05. The van der Waals surface area contributed by atoms with Gasteiger partial charge in [0.2, 0.25) is 5.75 Å². The highest BCUT2D eigenvalue weighted by Crippen LogP contribution is 2.42. The number of hydrogen-bond acceptors (Lipinski definition) is 10. The summed E-state index contributed by atoms with van der Waals surface area (Å²) in [6, 6.07) is 11.4. The molecule has 3 aromatic carbocycles. The van der Waals surface area contributed by atoms with Crippen LogP contribution in [0.4, 0.5) is 11.4 Å². The van der Waals surface area contributed by atoms with Crippen molar-refractivity contribution in [3.8, 4) is 34.5 Å². The van der Waals surface area contributed by atoms with Crippen LogP contribution in [0.2, 0.25) is 0 Å². The molecule has 0 fully saturated rings. The lowest BCUT2D eigenvalue weighted by Crippen LogP contribution is -1.97. The largest absolute Gasteiger partial charge is 0.504 e. The van der Waals surface area contributed by atoms with Crippen molar-refractivity contribution in [1.29, 1.82) is 0 Å². The number of benzene rings is 3. The molecule has 36 heavy (non-hydrogen) atoms. The van der Waals surface area contributed by atoms with Gasteiger partial charge in [-0.05, 0) is 53.9 Å². The quantitative estimate of drug-likeness (QED) is 0.144. The van der Waals surface area contributed by atoms with E-state index in [2.05, 4.69) is 4.72 Å². The zero-order valence-electron chi connectivity index (χ0n) is 20.4. The number of rotatable bonds is 11. The van der Waals surface area contributed by atoms with Gasteiger partial charge in [0.1, 0.15) is 0 Å². The summed E-state index contributed by atoms with van der Waals surface area (Å²) in [4.78, 5) is 11.4. The maximum Gasteiger partial charge on any atom is 0.312 e. The summed E-state index contributed by atoms with van der Waals surface area (Å²) >= 11 is 1.12. The summed E-state index contributed by atoms with van der Waals surface area (Å²) < 4.78 is 29.8. The summed E-state index contributed by atoms with van der Waals surface area (Å²) in [6.07, 6.45) is 3.66. The number of nitro benzene ring substituents is 1. The predicted molar refractivity (Wildman–Crippen MR) is 139 cm³/mol. The Kier molecular flexibility index (Phi) is 8.74. The molecule has 190 valence electrons. The lowest BCUT2D eigenvalue weighted by molar-refractivity contribution is -0.386. The van der Waals surface area contributed by atoms with Gasteiger partial charge in [0.25, 0.3) is 0 Å². The van der Waals surface area contributed by atoms with Crippen LogP contribution in [-0.4, -0.2) is 45.6 Å². The molecule has 3 rings (SSSR count). The van der Waals surface area contributed by atoms with Gasteiger partial charge >= 0.3 is 5.69 Å². The molecule has 0 spiro atoms. The van der Waals surface area contributed by atoms with Crippen LogP contribution in [0.3, 0.4) is 0 Å². The van der Waals surface area contributed by atoms with Crippen LogP contribution >= 0.6 is 11.9 Å². The highest BCUT2D eigenvalue weighted by Gasteiger charge is 2.18. The Morgan fingerprint density at radius 2 is 1.47 bits per heavy atom. The van der Waals surface area contributed by atoms with Crippen molar-refractivity contribution in [1.82, 2.24) is 0 Å². The van der Waals surface area contributed by atoms with Crippen molar-refractivity contribution in [3.05, 3.63) is 63.7 Å². The minimum Gasteiger partial charge on any atom is -0.504 e. The number of phenolic OH excluding ortho intramolecular Hbond substituents is 1. The molecule has 0 saturated heterocycles. The number of nitrogens with zero attached hydrogens (tertiary/aromatic N) is 1. The Morgan fingerprint density at radius 3 is 2.03 bits per heavy atom. The molecule has 0 atom stereocenters. The second-order valence-electron chi connectivity index (χ2n) is 7.17. The fourth-order valence-electron chi connectivity index (χ4n) is 3.41. The summed E-state index contributed by atoms with van der Waals surface area (Å²) in [6.45, 7) is 0. The van der Waals surface area contributed by atoms with Gasteiger partial charge in [-0.25, -0.2) is 0 Å². The van der Waals surface area contributed by atoms with Crippen molar-refractivity contribution in [3.63, 3.8) is 0 Å². The van der Waals surface area contributed by atoms with E-state index >= 15 is 0 Å². The summed E-state index contributed by atoms with van der Waals surface area (Å²) in [5.74, 6) is 1.82. The molecule has 2 N–H and O–H groups in total. The second kappa shape index (κ2) is 11.9. The summed E-state index contributed by atoms with van der Waals surface area (Å²) in [5.41, 5.74) is 1.79. The minimum absolute atomic E-state index is 0.0637. The van der Waals surface area contributed by atoms with Gasteiger partial charge in [-0.1, -0.05) is 12.2 Å². The van der Waals surface area contributed by atoms with Crippen molar-refractivity contribution in [2.45, 2.75) is 4.90 Å². The molecule has 0 amide bonds. The molecular weight excluding hydrogens is 488 g/mol. The fourth-order valence-corrected chi connectivity index (χ4v) is 4.14. The average Bonchev–Trinajstić information content (AvgIpc) is 2.90. The van der Waals surface area contributed by atoms with E-state index in [9.17, 15) is 15.2 Å². The third kappa shape index (κ3) is 5.69. The molecule has 0 aliphatic heterocycles. The van der Waals surface area contributed by atoms with Gasteiger partial charge in [-0.15, -0.1) is 0 Å². The van der Waals surface area contributed by atoms with E-state index in [0.717, 1.165) is 17.5 Å². The van der Waals surface area contributed by atoms with Gasteiger partial charge in [0, 0.05) is 16.5 Å². The number of hydrogen-bond donors (Lipinski definition) is 2. The Hall–Kier alpha value is -4.25. The normalized spacial score (nSPS) is 10.7. The molecular formula is C25H26N2O8S. The SMILES string of the molecule is COc1ccc(SNc2c(/C=C\c3cc(OC)c(OC)c(OC)c3)ccc(O)c2OC)cc1[N+](=O)[O-]. The first-order valence-corrected chi connectivity index (χ1v) is 11.3. The fraction of sp³-hybridized carbons (Fsp3) is 0.200. The van der Waals surface area contributed by atoms with Crippen LogP contribution in [0.1, 0.15) is 11.1 Å². The van der Waals surface area contributed by atoms with Crippen LogP contribution in [0, 0.1) is 10.1 Å². The van der Waals surface area contributed by atoms with Crippen molar-refractivity contribution < 1.29 is 33.7 Å². The van der Waals surface area contributed by atoms with Crippen LogP contribution in [0.15, 0.2) is 47.4 Å². The number of methoxy groups -OCH3 is 5. The summed E-state index contributed by atoms with van der Waals surface area (Å²) in [5, 5.41) is 21.7. The van der Waals surface area contributed by atoms with E-state index in [1.165, 1.54) is 39.5 Å². The van der Waals surface area contributed by atoms with E-state index < -0.39 is 4.92 Å². The van der Waals surface area contributed by atoms with Gasteiger partial charge in [0.15, 0.2) is 28.7 Å². The molecule has 0 bridgehead atoms. The van der Waals surface area contributed by atoms with Crippen LogP contribution < -0.4 is 28.4 Å². The molecule has 10 nitrogen and oxygen atoms in total. The zero-order valence-corrected chi connectivity index (χ0v) is 21.2. The van der Waals surface area contributed by atoms with E-state index in [1.807, 2.05) is 12.2 Å². The number of phenols is 1. The number of anilines is 1. The van der Waals surface area contributed by atoms with Gasteiger partial charge in [-0.3, -0.25) is 10.1 Å². The Bertz CT molecular complexity index is 1250. The predicted octanol–water partition coefficient (Wildman–Crippen LogP) is 5.63. The highest BCUT2D eigenvalue weighted by molar-refractivity contribution is 8.00. The van der Waals surface area contributed by atoms with E-state index in [4.69, 9.17) is 23.7 Å². The zero-order chi connectivity index (χ0) is 26.2. The Morgan fingerprint density at radius 1 is 0.833 bits per heavy atom. The Balaban J connectivity index is 1.97. The monoisotopic (exact) mass is 514 g/mol. The van der Waals surface area contributed by atoms with E-state index in [0.29, 0.717) is 33.4 Å². The first-order valence-electron chi connectivity index (χ1n) is 10.5. The summed E-state index contributed by atoms with van der Waals surface area (Å²) in [7, 11) is 7.43. The average molecular weight is 515 g/mol. The van der Waals surface area contributed by atoms with Gasteiger partial charge in [0.05, 0.1) is 46.2 Å². The maximum atomic E-state index is 11.4. The molecule has 3 aromatic rings. The van der Waals surface area contributed by atoms with Gasteiger partial charge in [-0.2, -0.15) is 0 Å². The molecule has 11 heteroatoms. The van der Waals surface area contributed by atoms with Crippen molar-refractivity contribution in [2.24, 2.45) is 0 Å². The van der Waals surface area contributed by atoms with Crippen molar-refractivity contribution >= 4 is 35.5 Å². The van der Waals surface area contributed by atoms with Crippen LogP contribution in [-0.2, 0) is 0 Å². The molecule has 0 aliphatic carbocycles. The number of nitro groups is 1. The first-order chi connectivity index (χ1) is 17.4.